The maximum absolute atomic E-state index is 11.8. The van der Waals surface area contributed by atoms with E-state index >= 15 is 0 Å². The maximum atomic E-state index is 11.8. The Labute approximate surface area is 158 Å². The molecule has 0 radical (unpaired) electrons. The van der Waals surface area contributed by atoms with Crippen LogP contribution in [0.1, 0.15) is 11.8 Å². The van der Waals surface area contributed by atoms with Gasteiger partial charge in [0.25, 0.3) is 5.91 Å². The zero-order chi connectivity index (χ0) is 17.7. The Morgan fingerprint density at radius 2 is 2.12 bits per heavy atom. The molecule has 0 aliphatic carbocycles. The first-order valence-corrected chi connectivity index (χ1v) is 8.92. The zero-order valence-electron chi connectivity index (χ0n) is 12.3. The number of carbonyl (C=O) groups is 1. The number of nitro benzene ring substituents is 1. The minimum atomic E-state index is -0.574. The molecule has 1 aromatic heterocycles. The van der Waals surface area contributed by atoms with Crippen molar-refractivity contribution in [3.63, 3.8) is 0 Å². The molecule has 1 amide bonds. The van der Waals surface area contributed by atoms with Crippen LogP contribution >= 0.6 is 43.2 Å². The average Bonchev–Trinajstić information content (AvgIpc) is 2.97. The largest absolute Gasteiger partial charge is 0.477 e. The van der Waals surface area contributed by atoms with Crippen molar-refractivity contribution < 1.29 is 14.5 Å². The molecule has 0 fully saturated rings. The number of nitrogens with zero attached hydrogens (tertiary/aromatic N) is 2. The maximum Gasteiger partial charge on any atom is 0.312 e. The number of nitrogens with one attached hydrogen (secondary N) is 1. The van der Waals surface area contributed by atoms with E-state index in [4.69, 9.17) is 4.74 Å². The normalized spacial score (nSPS) is 11.2. The third kappa shape index (κ3) is 5.11. The van der Waals surface area contributed by atoms with Gasteiger partial charge >= 0.3 is 5.69 Å². The molecular formula is C14H11Br2N3O4S. The molecule has 1 aromatic carbocycles. The van der Waals surface area contributed by atoms with Crippen LogP contribution in [0.15, 0.2) is 43.7 Å². The molecule has 1 heterocycles. The predicted molar refractivity (Wildman–Crippen MR) is 98.7 cm³/mol. The summed E-state index contributed by atoms with van der Waals surface area (Å²) < 4.78 is 6.72. The number of hydrogen-bond acceptors (Lipinski definition) is 6. The highest BCUT2D eigenvalue weighted by atomic mass is 79.9. The molecule has 0 unspecified atom stereocenters. The highest BCUT2D eigenvalue weighted by Crippen LogP contribution is 2.30. The van der Waals surface area contributed by atoms with Crippen LogP contribution in [0.25, 0.3) is 0 Å². The van der Waals surface area contributed by atoms with Gasteiger partial charge in [-0.3, -0.25) is 14.9 Å². The Kier molecular flexibility index (Phi) is 6.46. The minimum absolute atomic E-state index is 0.0150. The molecule has 7 nitrogen and oxygen atoms in total. The van der Waals surface area contributed by atoms with Crippen LogP contribution in [0.4, 0.5) is 5.69 Å². The van der Waals surface area contributed by atoms with Gasteiger partial charge in [0, 0.05) is 10.5 Å². The standard InChI is InChI=1S/C14H11Br2N3O4S/c1-8(12-4-5-13(16)24-12)17-18-14(20)7-23-11-3-2-9(15)6-10(11)19(21)22/h2-6H,7H2,1H3,(H,18,20). The number of benzene rings is 1. The smallest absolute Gasteiger partial charge is 0.312 e. The van der Waals surface area contributed by atoms with Crippen LogP contribution in [-0.2, 0) is 4.79 Å². The van der Waals surface area contributed by atoms with Crippen molar-refractivity contribution in [1.29, 1.82) is 0 Å². The second kappa shape index (κ2) is 8.36. The van der Waals surface area contributed by atoms with Crippen molar-refractivity contribution in [3.8, 4) is 5.75 Å². The summed E-state index contributed by atoms with van der Waals surface area (Å²) in [5, 5.41) is 14.9. The van der Waals surface area contributed by atoms with Gasteiger partial charge in [-0.2, -0.15) is 5.10 Å². The lowest BCUT2D eigenvalue weighted by Crippen LogP contribution is -2.25. The van der Waals surface area contributed by atoms with E-state index in [1.54, 1.807) is 13.0 Å². The summed E-state index contributed by atoms with van der Waals surface area (Å²) in [6, 6.07) is 8.09. The third-order valence-electron chi connectivity index (χ3n) is 2.75. The van der Waals surface area contributed by atoms with Crippen LogP contribution in [0.3, 0.4) is 0 Å². The molecule has 0 spiro atoms. The van der Waals surface area contributed by atoms with E-state index in [1.807, 2.05) is 12.1 Å². The molecule has 1 N–H and O–H groups in total. The monoisotopic (exact) mass is 475 g/mol. The van der Waals surface area contributed by atoms with E-state index in [2.05, 4.69) is 42.4 Å². The number of hydrogen-bond donors (Lipinski definition) is 1. The van der Waals surface area contributed by atoms with Crippen LogP contribution in [0.2, 0.25) is 0 Å². The number of rotatable bonds is 6. The lowest BCUT2D eigenvalue weighted by Gasteiger charge is -2.06. The average molecular weight is 477 g/mol. The molecule has 126 valence electrons. The Hall–Kier alpha value is -1.78. The number of amides is 1. The number of halogens is 2. The Morgan fingerprint density at radius 1 is 1.38 bits per heavy atom. The summed E-state index contributed by atoms with van der Waals surface area (Å²) in [5.41, 5.74) is 2.78. The molecule has 0 saturated heterocycles. The van der Waals surface area contributed by atoms with Crippen molar-refractivity contribution in [1.82, 2.24) is 5.43 Å². The highest BCUT2D eigenvalue weighted by Gasteiger charge is 2.16. The van der Waals surface area contributed by atoms with Crippen molar-refractivity contribution in [2.24, 2.45) is 5.10 Å². The van der Waals surface area contributed by atoms with Crippen molar-refractivity contribution >= 4 is 60.5 Å². The first kappa shape index (κ1) is 18.6. The lowest BCUT2D eigenvalue weighted by atomic mass is 10.3. The minimum Gasteiger partial charge on any atom is -0.477 e. The zero-order valence-corrected chi connectivity index (χ0v) is 16.3. The second-order valence-corrected chi connectivity index (χ2v) is 7.87. The van der Waals surface area contributed by atoms with Crippen LogP contribution in [0.5, 0.6) is 5.75 Å². The quantitative estimate of drug-likeness (QED) is 0.385. The van der Waals surface area contributed by atoms with E-state index < -0.39 is 10.8 Å². The molecule has 2 rings (SSSR count). The molecule has 10 heteroatoms. The number of ether oxygens (including phenoxy) is 1. The van der Waals surface area contributed by atoms with Gasteiger partial charge in [-0.1, -0.05) is 15.9 Å². The van der Waals surface area contributed by atoms with E-state index in [-0.39, 0.29) is 18.0 Å². The third-order valence-corrected chi connectivity index (χ3v) is 4.98. The van der Waals surface area contributed by atoms with Crippen molar-refractivity contribution in [3.05, 3.63) is 53.6 Å². The van der Waals surface area contributed by atoms with E-state index in [0.717, 1.165) is 8.66 Å². The van der Waals surface area contributed by atoms with Gasteiger partial charge in [0.1, 0.15) is 0 Å². The van der Waals surface area contributed by atoms with Gasteiger partial charge in [-0.25, -0.2) is 5.43 Å². The fraction of sp³-hybridized carbons (Fsp3) is 0.143. The van der Waals surface area contributed by atoms with Gasteiger partial charge in [-0.05, 0) is 47.1 Å². The fourth-order valence-electron chi connectivity index (χ4n) is 1.64. The molecule has 0 atom stereocenters. The first-order valence-electron chi connectivity index (χ1n) is 6.52. The number of nitro groups is 1. The molecule has 0 aliphatic heterocycles. The van der Waals surface area contributed by atoms with Crippen molar-refractivity contribution in [2.45, 2.75) is 6.92 Å². The van der Waals surface area contributed by atoms with E-state index in [9.17, 15) is 14.9 Å². The number of hydrazone groups is 1. The van der Waals surface area contributed by atoms with Gasteiger partial charge in [0.05, 0.1) is 19.3 Å². The summed E-state index contributed by atoms with van der Waals surface area (Å²) in [4.78, 5) is 23.1. The predicted octanol–water partition coefficient (Wildman–Crippen LogP) is 4.10. The van der Waals surface area contributed by atoms with Crippen LogP contribution < -0.4 is 10.2 Å². The topological polar surface area (TPSA) is 93.8 Å². The molecule has 2 aromatic rings. The Bertz CT molecular complexity index is 807. The number of carbonyl (C=O) groups excluding carboxylic acids is 1. The summed E-state index contributed by atoms with van der Waals surface area (Å²) in [7, 11) is 0. The summed E-state index contributed by atoms with van der Waals surface area (Å²) in [6.07, 6.45) is 0. The highest BCUT2D eigenvalue weighted by molar-refractivity contribution is 9.11. The number of thiophene rings is 1. The van der Waals surface area contributed by atoms with E-state index in [1.165, 1.54) is 23.5 Å². The van der Waals surface area contributed by atoms with Gasteiger partial charge < -0.3 is 4.74 Å². The van der Waals surface area contributed by atoms with Gasteiger partial charge in [-0.15, -0.1) is 11.3 Å². The summed E-state index contributed by atoms with van der Waals surface area (Å²) >= 11 is 7.99. The molecule has 0 saturated carbocycles. The summed E-state index contributed by atoms with van der Waals surface area (Å²) in [5.74, 6) is -0.497. The SMILES string of the molecule is CC(=NNC(=O)COc1ccc(Br)cc1[N+](=O)[O-])c1ccc(Br)s1. The van der Waals surface area contributed by atoms with Gasteiger partial charge in [0.15, 0.2) is 12.4 Å². The molecule has 0 aliphatic rings. The fourth-order valence-corrected chi connectivity index (χ4v) is 3.32. The second-order valence-electron chi connectivity index (χ2n) is 4.49. The molecular weight excluding hydrogens is 466 g/mol. The Morgan fingerprint density at radius 3 is 2.75 bits per heavy atom. The summed E-state index contributed by atoms with van der Waals surface area (Å²) in [6.45, 7) is 1.38. The van der Waals surface area contributed by atoms with Gasteiger partial charge in [0.2, 0.25) is 0 Å². The molecule has 0 bridgehead atoms. The van der Waals surface area contributed by atoms with Crippen LogP contribution in [-0.4, -0.2) is 23.1 Å². The van der Waals surface area contributed by atoms with Crippen LogP contribution in [0, 0.1) is 10.1 Å². The van der Waals surface area contributed by atoms with E-state index in [0.29, 0.717) is 10.2 Å². The first-order chi connectivity index (χ1) is 11.4. The lowest BCUT2D eigenvalue weighted by molar-refractivity contribution is -0.385. The Balaban J connectivity index is 1.95. The van der Waals surface area contributed by atoms with Crippen molar-refractivity contribution in [2.75, 3.05) is 6.61 Å². The molecule has 24 heavy (non-hydrogen) atoms.